The van der Waals surface area contributed by atoms with Gasteiger partial charge in [-0.3, -0.25) is 14.6 Å². The molecule has 0 radical (unpaired) electrons. The topological polar surface area (TPSA) is 66.7 Å². The number of hydrogen-bond acceptors (Lipinski definition) is 4. The van der Waals surface area contributed by atoms with Crippen molar-refractivity contribution in [3.8, 4) is 0 Å². The summed E-state index contributed by atoms with van der Waals surface area (Å²) in [6.45, 7) is 11.0. The molecule has 2 N–H and O–H groups in total. The first-order valence-electron chi connectivity index (χ1n) is 10.6. The van der Waals surface area contributed by atoms with Gasteiger partial charge in [-0.25, -0.2) is 0 Å². The van der Waals surface area contributed by atoms with Crippen LogP contribution in [-0.2, 0) is 11.3 Å². The van der Waals surface area contributed by atoms with E-state index in [0.717, 1.165) is 64.9 Å². The molecule has 30 heavy (non-hydrogen) atoms. The molecule has 1 atom stereocenters. The molecule has 8 heteroatoms. The van der Waals surface area contributed by atoms with Gasteiger partial charge in [0.15, 0.2) is 5.96 Å². The first-order chi connectivity index (χ1) is 14.3. The van der Waals surface area contributed by atoms with E-state index in [1.165, 1.54) is 11.1 Å². The van der Waals surface area contributed by atoms with Crippen LogP contribution in [0.25, 0.3) is 0 Å². The Morgan fingerprint density at radius 2 is 2.07 bits per heavy atom. The highest BCUT2D eigenvalue weighted by molar-refractivity contribution is 14.0. The van der Waals surface area contributed by atoms with E-state index in [9.17, 15) is 0 Å². The minimum Gasteiger partial charge on any atom is -0.379 e. The maximum absolute atomic E-state index is 5.56. The van der Waals surface area contributed by atoms with Gasteiger partial charge in [0.25, 0.3) is 0 Å². The molecule has 1 unspecified atom stereocenters. The Balaban J connectivity index is 0.00000320. The van der Waals surface area contributed by atoms with Gasteiger partial charge in [-0.1, -0.05) is 29.8 Å². The molecular weight excluding hydrogens is 491 g/mol. The molecule has 1 aliphatic rings. The third-order valence-electron chi connectivity index (χ3n) is 5.10. The zero-order valence-corrected chi connectivity index (χ0v) is 20.4. The van der Waals surface area contributed by atoms with Crippen molar-refractivity contribution in [1.82, 2.24) is 25.3 Å². The lowest BCUT2D eigenvalue weighted by Gasteiger charge is -2.34. The van der Waals surface area contributed by atoms with Crippen molar-refractivity contribution in [3.63, 3.8) is 0 Å². The number of guanidine groups is 1. The van der Waals surface area contributed by atoms with Crippen molar-refractivity contribution in [2.75, 3.05) is 45.9 Å². The smallest absolute Gasteiger partial charge is 0.191 e. The van der Waals surface area contributed by atoms with Crippen LogP contribution in [0, 0.1) is 6.92 Å². The van der Waals surface area contributed by atoms with Crippen LogP contribution in [0.1, 0.15) is 30.5 Å². The van der Waals surface area contributed by atoms with Crippen LogP contribution in [0.3, 0.4) is 0 Å². The number of ether oxygens (including phenoxy) is 1. The second-order valence-electron chi connectivity index (χ2n) is 7.35. The molecule has 0 saturated carbocycles. The Hall–Kier alpha value is -1.65. The monoisotopic (exact) mass is 526 g/mol. The van der Waals surface area contributed by atoms with Crippen LogP contribution < -0.4 is 10.6 Å². The van der Waals surface area contributed by atoms with E-state index in [0.29, 0.717) is 0 Å². The number of benzene rings is 1. The zero-order chi connectivity index (χ0) is 20.3. The molecule has 1 aliphatic heterocycles. The third-order valence-corrected chi connectivity index (χ3v) is 5.10. The van der Waals surface area contributed by atoms with Crippen molar-refractivity contribution in [2.24, 2.45) is 4.99 Å². The summed E-state index contributed by atoms with van der Waals surface area (Å²) in [5.74, 6) is 0.874. The van der Waals surface area contributed by atoms with E-state index in [4.69, 9.17) is 9.73 Å². The minimum atomic E-state index is 0. The van der Waals surface area contributed by atoms with Gasteiger partial charge < -0.3 is 15.4 Å². The number of nitrogens with zero attached hydrogens (tertiary/aromatic N) is 4. The number of aryl methyl sites for hydroxylation is 2. The highest BCUT2D eigenvalue weighted by Crippen LogP contribution is 2.23. The fourth-order valence-electron chi connectivity index (χ4n) is 3.60. The Morgan fingerprint density at radius 1 is 1.23 bits per heavy atom. The molecule has 1 fully saturated rings. The lowest BCUT2D eigenvalue weighted by Crippen LogP contribution is -2.42. The maximum Gasteiger partial charge on any atom is 0.191 e. The average Bonchev–Trinajstić information content (AvgIpc) is 3.26. The van der Waals surface area contributed by atoms with Crippen molar-refractivity contribution < 1.29 is 4.74 Å². The number of nitrogens with one attached hydrogen (secondary N) is 2. The van der Waals surface area contributed by atoms with Crippen molar-refractivity contribution in [3.05, 3.63) is 53.9 Å². The molecule has 0 bridgehead atoms. The molecule has 2 aromatic rings. The van der Waals surface area contributed by atoms with Crippen LogP contribution in [0.5, 0.6) is 0 Å². The Morgan fingerprint density at radius 3 is 2.77 bits per heavy atom. The van der Waals surface area contributed by atoms with Crippen molar-refractivity contribution in [1.29, 1.82) is 0 Å². The predicted octanol–water partition coefficient (Wildman–Crippen LogP) is 2.83. The molecular formula is C22H35IN6O. The summed E-state index contributed by atoms with van der Waals surface area (Å²) in [6.07, 6.45) is 4.81. The second-order valence-corrected chi connectivity index (χ2v) is 7.35. The molecule has 166 valence electrons. The lowest BCUT2D eigenvalue weighted by molar-refractivity contribution is 0.0179. The molecule has 1 aromatic heterocycles. The number of morpholine rings is 1. The summed E-state index contributed by atoms with van der Waals surface area (Å²) in [6, 6.07) is 11.0. The van der Waals surface area contributed by atoms with Gasteiger partial charge in [-0.15, -0.1) is 24.0 Å². The molecule has 3 rings (SSSR count). The van der Waals surface area contributed by atoms with Gasteiger partial charge in [-0.05, 0) is 31.9 Å². The van der Waals surface area contributed by atoms with E-state index in [-0.39, 0.29) is 30.0 Å². The summed E-state index contributed by atoms with van der Waals surface area (Å²) < 4.78 is 7.52. The first-order valence-corrected chi connectivity index (χ1v) is 10.6. The predicted molar refractivity (Wildman–Crippen MR) is 133 cm³/mol. The zero-order valence-electron chi connectivity index (χ0n) is 18.1. The van der Waals surface area contributed by atoms with Gasteiger partial charge in [0.2, 0.25) is 0 Å². The van der Waals surface area contributed by atoms with Crippen molar-refractivity contribution in [2.45, 2.75) is 32.9 Å². The van der Waals surface area contributed by atoms with Gasteiger partial charge >= 0.3 is 0 Å². The number of aromatic nitrogens is 2. The summed E-state index contributed by atoms with van der Waals surface area (Å²) in [7, 11) is 0. The summed E-state index contributed by atoms with van der Waals surface area (Å²) in [4.78, 5) is 7.41. The molecule has 0 spiro atoms. The van der Waals surface area contributed by atoms with E-state index in [2.05, 4.69) is 58.7 Å². The molecule has 1 saturated heterocycles. The lowest BCUT2D eigenvalue weighted by atomic mass is 10.0. The summed E-state index contributed by atoms with van der Waals surface area (Å²) >= 11 is 0. The fraction of sp³-hybridized carbons (Fsp3) is 0.545. The van der Waals surface area contributed by atoms with Crippen molar-refractivity contribution >= 4 is 29.9 Å². The maximum atomic E-state index is 5.56. The normalized spacial score (nSPS) is 16.0. The summed E-state index contributed by atoms with van der Waals surface area (Å²) in [5.41, 5.74) is 2.61. The van der Waals surface area contributed by atoms with E-state index < -0.39 is 0 Å². The van der Waals surface area contributed by atoms with Gasteiger partial charge in [-0.2, -0.15) is 5.10 Å². The highest BCUT2D eigenvalue weighted by atomic mass is 127. The molecule has 1 aromatic carbocycles. The van der Waals surface area contributed by atoms with Crippen LogP contribution in [0.4, 0.5) is 0 Å². The summed E-state index contributed by atoms with van der Waals surface area (Å²) in [5, 5.41) is 11.1. The molecule has 0 amide bonds. The Kier molecular flexibility index (Phi) is 11.2. The van der Waals surface area contributed by atoms with Crippen LogP contribution in [0.15, 0.2) is 47.7 Å². The SMILES string of the molecule is CCNC(=NCC(c1cccc(C)c1)N1CCOCC1)NCCCn1cccn1.I. The molecule has 0 aliphatic carbocycles. The fourth-order valence-corrected chi connectivity index (χ4v) is 3.60. The average molecular weight is 526 g/mol. The highest BCUT2D eigenvalue weighted by Gasteiger charge is 2.22. The van der Waals surface area contributed by atoms with Crippen LogP contribution >= 0.6 is 24.0 Å². The minimum absolute atomic E-state index is 0. The standard InChI is InChI=1S/C22H34N6O.HI/c1-3-23-22(24-9-5-11-28-12-6-10-26-28)25-18-21(27-13-15-29-16-14-27)20-8-4-7-19(2)17-20;/h4,6-8,10,12,17,21H,3,5,9,11,13-16,18H2,1-2H3,(H2,23,24,25);1H. The van der Waals surface area contributed by atoms with Gasteiger partial charge in [0.05, 0.1) is 25.8 Å². The Labute approximate surface area is 197 Å². The number of hydrogen-bond donors (Lipinski definition) is 2. The number of halogens is 1. The van der Waals surface area contributed by atoms with E-state index >= 15 is 0 Å². The van der Waals surface area contributed by atoms with E-state index in [1.54, 1.807) is 0 Å². The Bertz CT molecular complexity index is 746. The number of aliphatic imine (C=N–C) groups is 1. The third kappa shape index (κ3) is 7.88. The molecule has 2 heterocycles. The largest absolute Gasteiger partial charge is 0.379 e. The van der Waals surface area contributed by atoms with Crippen LogP contribution in [0.2, 0.25) is 0 Å². The first kappa shape index (κ1) is 24.6. The number of rotatable bonds is 9. The van der Waals surface area contributed by atoms with E-state index in [1.807, 2.05) is 23.1 Å². The quantitative estimate of drug-likeness (QED) is 0.228. The van der Waals surface area contributed by atoms with Gasteiger partial charge in [0.1, 0.15) is 0 Å². The molecule has 7 nitrogen and oxygen atoms in total. The van der Waals surface area contributed by atoms with Gasteiger partial charge in [0, 0.05) is 45.1 Å². The second kappa shape index (κ2) is 13.6. The van der Waals surface area contributed by atoms with Crippen LogP contribution in [-0.4, -0.2) is 66.6 Å².